The molecule has 0 bridgehead atoms. The quantitative estimate of drug-likeness (QED) is 0.510. The van der Waals surface area contributed by atoms with Crippen LogP contribution in [0.1, 0.15) is 31.0 Å². The maximum atomic E-state index is 16.0. The molecule has 14 heteroatoms. The predicted octanol–water partition coefficient (Wildman–Crippen LogP) is 2.75. The van der Waals surface area contributed by atoms with E-state index in [1.165, 1.54) is 7.11 Å². The van der Waals surface area contributed by atoms with Crippen LogP contribution in [0.25, 0.3) is 22.2 Å². The van der Waals surface area contributed by atoms with Crippen LogP contribution >= 0.6 is 0 Å². The van der Waals surface area contributed by atoms with Crippen LogP contribution < -0.4 is 25.8 Å². The number of ether oxygens (including phenoxy) is 2. The van der Waals surface area contributed by atoms with Crippen molar-refractivity contribution in [2.75, 3.05) is 24.4 Å². The lowest BCUT2D eigenvalue weighted by Crippen LogP contribution is -2.53. The van der Waals surface area contributed by atoms with E-state index in [0.717, 1.165) is 13.0 Å². The number of nitrogen functional groups attached to an aromatic ring is 1. The largest absolute Gasteiger partial charge is 0.475 e. The molecule has 1 atom stereocenters. The summed E-state index contributed by atoms with van der Waals surface area (Å²) in [7, 11) is 1.26. The molecule has 0 radical (unpaired) electrons. The lowest BCUT2D eigenvalue weighted by Gasteiger charge is -2.34. The van der Waals surface area contributed by atoms with E-state index in [-0.39, 0.29) is 35.5 Å². The summed E-state index contributed by atoms with van der Waals surface area (Å²) in [6.45, 7) is 2.83. The van der Waals surface area contributed by atoms with Crippen molar-refractivity contribution < 1.29 is 31.8 Å². The molecule has 36 heavy (non-hydrogen) atoms. The van der Waals surface area contributed by atoms with Gasteiger partial charge in [-0.15, -0.1) is 0 Å². The second-order valence-corrected chi connectivity index (χ2v) is 8.82. The van der Waals surface area contributed by atoms with Crippen molar-refractivity contribution in [2.45, 2.75) is 44.4 Å². The average Bonchev–Trinajstić information content (AvgIpc) is 3.59. The Bertz CT molecular complexity index is 1430. The molecule has 4 N–H and O–H groups in total. The number of aryl methyl sites for hydroxylation is 1. The van der Waals surface area contributed by atoms with Crippen LogP contribution in [0.5, 0.6) is 11.9 Å². The first-order valence-electron chi connectivity index (χ1n) is 10.9. The molecule has 10 nitrogen and oxygen atoms in total. The molecule has 4 heterocycles. The maximum absolute atomic E-state index is 16.0. The minimum atomic E-state index is -4.88. The number of rotatable bonds is 4. The van der Waals surface area contributed by atoms with Gasteiger partial charge in [-0.2, -0.15) is 23.1 Å². The van der Waals surface area contributed by atoms with Gasteiger partial charge in [-0.3, -0.25) is 4.79 Å². The SMILES string of the molecule is COc1nc2c3c(nc(-c4cc(N)nc(C)c4C(F)(F)F)c(F)c3n1)OC[C@H](C)N2C1(C(N)=O)CC1. The maximum Gasteiger partial charge on any atom is 0.418 e. The molecular weight excluding hydrogens is 486 g/mol. The van der Waals surface area contributed by atoms with Gasteiger partial charge in [0.15, 0.2) is 11.6 Å². The number of hydrogen-bond acceptors (Lipinski definition) is 9. The number of hydrogen-bond donors (Lipinski definition) is 2. The Labute approximate surface area is 201 Å². The van der Waals surface area contributed by atoms with Gasteiger partial charge in [-0.05, 0) is 32.8 Å². The van der Waals surface area contributed by atoms with E-state index in [0.29, 0.717) is 12.8 Å². The highest BCUT2D eigenvalue weighted by Gasteiger charge is 2.57. The zero-order valence-corrected chi connectivity index (χ0v) is 19.4. The van der Waals surface area contributed by atoms with Crippen molar-refractivity contribution in [1.82, 2.24) is 19.9 Å². The summed E-state index contributed by atoms with van der Waals surface area (Å²) in [4.78, 5) is 30.3. The molecule has 0 saturated heterocycles. The third-order valence-corrected chi connectivity index (χ3v) is 6.43. The number of halogens is 4. The number of pyridine rings is 2. The number of carbonyl (C=O) groups excluding carboxylic acids is 1. The van der Waals surface area contributed by atoms with Crippen LogP contribution in [0.2, 0.25) is 0 Å². The first kappa shape index (κ1) is 23.8. The number of aromatic nitrogens is 4. The van der Waals surface area contributed by atoms with Crippen molar-refractivity contribution in [3.05, 3.63) is 23.1 Å². The van der Waals surface area contributed by atoms with Gasteiger partial charge in [0.2, 0.25) is 11.8 Å². The molecule has 0 unspecified atom stereocenters. The molecule has 3 aromatic heterocycles. The van der Waals surface area contributed by atoms with E-state index in [4.69, 9.17) is 20.9 Å². The summed E-state index contributed by atoms with van der Waals surface area (Å²) in [5.41, 5.74) is 7.02. The third-order valence-electron chi connectivity index (χ3n) is 6.43. The summed E-state index contributed by atoms with van der Waals surface area (Å²) in [6.07, 6.45) is -4.00. The van der Waals surface area contributed by atoms with E-state index >= 15 is 4.39 Å². The predicted molar refractivity (Wildman–Crippen MR) is 120 cm³/mol. The zero-order chi connectivity index (χ0) is 26.2. The molecule has 5 rings (SSSR count). The van der Waals surface area contributed by atoms with Crippen LogP contribution in [0.15, 0.2) is 6.07 Å². The number of nitrogens with zero attached hydrogens (tertiary/aromatic N) is 5. The zero-order valence-electron chi connectivity index (χ0n) is 19.4. The first-order valence-corrected chi connectivity index (χ1v) is 10.9. The Morgan fingerprint density at radius 1 is 1.25 bits per heavy atom. The van der Waals surface area contributed by atoms with Gasteiger partial charge in [0.25, 0.3) is 0 Å². The van der Waals surface area contributed by atoms with Crippen molar-refractivity contribution >= 4 is 28.4 Å². The van der Waals surface area contributed by atoms with E-state index in [2.05, 4.69) is 19.9 Å². The number of nitrogens with two attached hydrogens (primary N) is 2. The number of methoxy groups -OCH3 is 1. The molecule has 1 aliphatic carbocycles. The lowest BCUT2D eigenvalue weighted by atomic mass is 10.0. The number of anilines is 2. The van der Waals surface area contributed by atoms with Gasteiger partial charge in [-0.1, -0.05) is 0 Å². The third kappa shape index (κ3) is 3.42. The van der Waals surface area contributed by atoms with Crippen molar-refractivity contribution in [2.24, 2.45) is 5.73 Å². The summed E-state index contributed by atoms with van der Waals surface area (Å²) in [5.74, 6) is -2.12. The van der Waals surface area contributed by atoms with E-state index < -0.39 is 57.5 Å². The molecule has 190 valence electrons. The number of carbonyl (C=O) groups is 1. The van der Waals surface area contributed by atoms with Crippen molar-refractivity contribution in [1.29, 1.82) is 0 Å². The number of amides is 1. The monoisotopic (exact) mass is 507 g/mol. The van der Waals surface area contributed by atoms with Gasteiger partial charge in [0, 0.05) is 5.56 Å². The molecule has 3 aromatic rings. The summed E-state index contributed by atoms with van der Waals surface area (Å²) >= 11 is 0. The second-order valence-electron chi connectivity index (χ2n) is 8.82. The number of primary amides is 1. The van der Waals surface area contributed by atoms with E-state index in [1.807, 2.05) is 0 Å². The molecule has 1 fully saturated rings. The van der Waals surface area contributed by atoms with Gasteiger partial charge in [0.1, 0.15) is 34.6 Å². The number of alkyl halides is 3. The minimum Gasteiger partial charge on any atom is -0.475 e. The fraction of sp³-hybridized carbons (Fsp3) is 0.409. The van der Waals surface area contributed by atoms with Gasteiger partial charge in [-0.25, -0.2) is 14.4 Å². The molecule has 2 aliphatic rings. The van der Waals surface area contributed by atoms with Crippen molar-refractivity contribution in [3.8, 4) is 23.1 Å². The smallest absolute Gasteiger partial charge is 0.418 e. The fourth-order valence-electron chi connectivity index (χ4n) is 4.73. The van der Waals surface area contributed by atoms with Gasteiger partial charge < -0.3 is 25.8 Å². The van der Waals surface area contributed by atoms with E-state index in [1.54, 1.807) is 11.8 Å². The van der Waals surface area contributed by atoms with Crippen LogP contribution in [0.3, 0.4) is 0 Å². The van der Waals surface area contributed by atoms with Gasteiger partial charge in [0.05, 0.1) is 24.4 Å². The normalized spacial score (nSPS) is 18.5. The minimum absolute atomic E-state index is 0.0127. The van der Waals surface area contributed by atoms with Gasteiger partial charge >= 0.3 is 12.2 Å². The lowest BCUT2D eigenvalue weighted by molar-refractivity contribution is -0.137. The summed E-state index contributed by atoms with van der Waals surface area (Å²) < 4.78 is 68.9. The fourth-order valence-corrected chi connectivity index (χ4v) is 4.73. The Balaban J connectivity index is 1.87. The molecule has 1 saturated carbocycles. The molecule has 0 aromatic carbocycles. The summed E-state index contributed by atoms with van der Waals surface area (Å²) in [6, 6.07) is 0.158. The molecule has 1 amide bonds. The molecular formula is C22H21F4N7O3. The topological polar surface area (TPSA) is 142 Å². The highest BCUT2D eigenvalue weighted by molar-refractivity contribution is 6.01. The van der Waals surface area contributed by atoms with Crippen LogP contribution in [-0.2, 0) is 11.0 Å². The van der Waals surface area contributed by atoms with Crippen LogP contribution in [0, 0.1) is 12.7 Å². The second kappa shape index (κ2) is 7.77. The van der Waals surface area contributed by atoms with Crippen LogP contribution in [-0.4, -0.2) is 51.1 Å². The highest BCUT2D eigenvalue weighted by Crippen LogP contribution is 2.50. The molecule has 1 aliphatic heterocycles. The van der Waals surface area contributed by atoms with Crippen LogP contribution in [0.4, 0.5) is 29.2 Å². The standard InChI is InChI=1S/C22H21F4N7O3/c1-8-7-36-18-12-16(31-20(35-3)32-17(12)33(8)21(4-5-21)19(28)34)14(23)15(30-18)10-6-11(27)29-9(2)13(10)22(24,25)26/h6,8H,4-5,7H2,1-3H3,(H2,27,29)(H2,28,34)/t8-/m0/s1. The van der Waals surface area contributed by atoms with E-state index in [9.17, 15) is 18.0 Å². The average molecular weight is 507 g/mol. The molecule has 0 spiro atoms. The Morgan fingerprint density at radius 3 is 2.53 bits per heavy atom. The highest BCUT2D eigenvalue weighted by atomic mass is 19.4. The Hall–Kier alpha value is -3.97. The Kier molecular flexibility index (Phi) is 5.12. The first-order chi connectivity index (χ1) is 16.9. The Morgan fingerprint density at radius 2 is 1.94 bits per heavy atom. The van der Waals surface area contributed by atoms with Crippen molar-refractivity contribution in [3.63, 3.8) is 0 Å². The summed E-state index contributed by atoms with van der Waals surface area (Å²) in [5, 5.41) is -0.0127.